The van der Waals surface area contributed by atoms with Gasteiger partial charge in [0.05, 0.1) is 46.5 Å². The minimum atomic E-state index is -3.06. The van der Waals surface area contributed by atoms with E-state index >= 15 is 0 Å². The zero-order chi connectivity index (χ0) is 36.5. The molecule has 0 radical (unpaired) electrons. The Hall–Kier alpha value is -3.11. The molecule has 1 heterocycles. The SMILES string of the molecule is [2H]c1c([2H])c([2H])c(C([2H])([2H])[N+]2(C([2H])([2H])c3c([2H])c([2H])c([2H])c([2H])c3[2H])CCC(CC3Cc4cc(OC)c(OC)cc4C3=O)CC2)c([2H])c1[2H]. The van der Waals surface area contributed by atoms with Gasteiger partial charge < -0.3 is 14.0 Å². The highest BCUT2D eigenvalue weighted by molar-refractivity contribution is 6.02. The van der Waals surface area contributed by atoms with Gasteiger partial charge >= 0.3 is 0 Å². The number of hydrogen-bond donors (Lipinski definition) is 0. The quantitative estimate of drug-likeness (QED) is 0.364. The maximum atomic E-state index is 13.5. The van der Waals surface area contributed by atoms with Crippen LogP contribution >= 0.6 is 0 Å². The average molecular weight is 485 g/mol. The molecule has 0 aromatic heterocycles. The van der Waals surface area contributed by atoms with Gasteiger partial charge in [-0.2, -0.15) is 0 Å². The number of Topliss-reactive ketones (excluding diaryl/α,β-unsaturated/α-hetero) is 1. The second-order valence-electron chi connectivity index (χ2n) is 8.95. The number of ether oxygens (including phenoxy) is 2. The third-order valence-corrected chi connectivity index (χ3v) is 6.82. The maximum absolute atomic E-state index is 13.5. The molecule has 0 bridgehead atoms. The van der Waals surface area contributed by atoms with Crippen LogP contribution in [0.5, 0.6) is 11.5 Å². The molecule has 182 valence electrons. The number of fused-ring (bicyclic) bond motifs is 1. The summed E-state index contributed by atoms with van der Waals surface area (Å²) in [6.07, 6.45) is 1.07. The third kappa shape index (κ3) is 5.13. The van der Waals surface area contributed by atoms with Crippen LogP contribution < -0.4 is 9.47 Å². The predicted octanol–water partition coefficient (Wildman–Crippen LogP) is 6.08. The Balaban J connectivity index is 1.59. The molecule has 2 aliphatic rings. The van der Waals surface area contributed by atoms with Crippen molar-refractivity contribution in [2.24, 2.45) is 11.8 Å². The summed E-state index contributed by atoms with van der Waals surface area (Å²) in [5.74, 6) is 0.169. The summed E-state index contributed by atoms with van der Waals surface area (Å²) < 4.78 is 130. The zero-order valence-electron chi connectivity index (χ0n) is 33.7. The molecule has 4 heteroatoms. The van der Waals surface area contributed by atoms with Crippen molar-refractivity contribution >= 4 is 5.78 Å². The van der Waals surface area contributed by atoms with E-state index in [9.17, 15) is 10.3 Å². The second-order valence-corrected chi connectivity index (χ2v) is 8.95. The van der Waals surface area contributed by atoms with Crippen molar-refractivity contribution in [2.45, 2.75) is 38.7 Å². The Labute approximate surface area is 228 Å². The number of ketones is 1. The summed E-state index contributed by atoms with van der Waals surface area (Å²) >= 11 is 0. The van der Waals surface area contributed by atoms with Gasteiger partial charge in [-0.05, 0) is 49.3 Å². The molecule has 35 heavy (non-hydrogen) atoms. The van der Waals surface area contributed by atoms with Crippen LogP contribution in [0, 0.1) is 11.8 Å². The summed E-state index contributed by atoms with van der Waals surface area (Å²) in [6, 6.07) is -4.85. The van der Waals surface area contributed by atoms with E-state index in [0.29, 0.717) is 29.9 Å². The number of carbonyl (C=O) groups is 1. The van der Waals surface area contributed by atoms with E-state index in [-0.39, 0.29) is 37.6 Å². The first-order valence-electron chi connectivity index (χ1n) is 18.6. The van der Waals surface area contributed by atoms with E-state index in [0.717, 1.165) is 5.56 Å². The van der Waals surface area contributed by atoms with Gasteiger partial charge in [0.2, 0.25) is 0 Å². The standard InChI is InChI=1S/C31H36NO3/c1-34-29-19-26-18-27(31(33)28(26)20-30(29)35-2)17-23-13-15-32(16-14-23,21-24-9-5-3-6-10-24)22-25-11-7-4-8-12-25/h3-12,19-20,23,27H,13-18,21-22H2,1-2H3/q+1/i3D,4D,5D,6D,7D,8D,9D,10D,11D,12D,21D2,22D2. The van der Waals surface area contributed by atoms with Crippen LogP contribution in [0.1, 0.15) is 65.5 Å². The molecule has 0 spiro atoms. The van der Waals surface area contributed by atoms with Crippen LogP contribution in [0.15, 0.2) is 72.6 Å². The minimum absolute atomic E-state index is 0.0915. The van der Waals surface area contributed by atoms with Gasteiger partial charge in [0.15, 0.2) is 17.3 Å². The molecule has 1 fully saturated rings. The molecule has 3 aromatic carbocycles. The van der Waals surface area contributed by atoms with Crippen LogP contribution in [-0.4, -0.2) is 37.6 Å². The molecule has 0 N–H and O–H groups in total. The van der Waals surface area contributed by atoms with Gasteiger partial charge in [-0.15, -0.1) is 0 Å². The number of carbonyl (C=O) groups excluding carboxylic acids is 1. The van der Waals surface area contributed by atoms with Gasteiger partial charge in [0, 0.05) is 22.6 Å². The van der Waals surface area contributed by atoms with E-state index in [4.69, 9.17) is 23.2 Å². The van der Waals surface area contributed by atoms with Crippen molar-refractivity contribution in [2.75, 3.05) is 27.3 Å². The summed E-state index contributed by atoms with van der Waals surface area (Å²) in [7, 11) is 2.97. The lowest BCUT2D eigenvalue weighted by atomic mass is 9.84. The summed E-state index contributed by atoms with van der Waals surface area (Å²) in [4.78, 5) is 13.5. The summed E-state index contributed by atoms with van der Waals surface area (Å²) in [6.45, 7) is -6.80. The molecule has 5 rings (SSSR count). The molecule has 0 amide bonds. The first-order chi connectivity index (χ1) is 22.8. The predicted molar refractivity (Wildman–Crippen MR) is 139 cm³/mol. The minimum Gasteiger partial charge on any atom is -0.493 e. The molecule has 1 aliphatic carbocycles. The highest BCUT2D eigenvalue weighted by atomic mass is 16.5. The molecule has 1 aliphatic heterocycles. The van der Waals surface area contributed by atoms with E-state index < -0.39 is 94.9 Å². The number of nitrogens with zero attached hydrogens (tertiary/aromatic N) is 1. The van der Waals surface area contributed by atoms with Crippen molar-refractivity contribution < 1.29 is 37.9 Å². The number of rotatable bonds is 8. The van der Waals surface area contributed by atoms with Crippen molar-refractivity contribution in [3.05, 3.63) is 94.8 Å². The van der Waals surface area contributed by atoms with Crippen molar-refractivity contribution in [1.29, 1.82) is 0 Å². The fourth-order valence-electron chi connectivity index (χ4n) is 5.08. The lowest BCUT2D eigenvalue weighted by Crippen LogP contribution is -2.51. The van der Waals surface area contributed by atoms with Crippen LogP contribution in [-0.2, 0) is 19.4 Å². The number of benzene rings is 3. The van der Waals surface area contributed by atoms with Crippen LogP contribution in [0.3, 0.4) is 0 Å². The monoisotopic (exact) mass is 484 g/mol. The first-order valence-corrected chi connectivity index (χ1v) is 11.6. The Morgan fingerprint density at radius 2 is 1.43 bits per heavy atom. The Kier molecular flexibility index (Phi) is 3.58. The fourth-order valence-corrected chi connectivity index (χ4v) is 5.08. The van der Waals surface area contributed by atoms with Crippen molar-refractivity contribution in [1.82, 2.24) is 0 Å². The van der Waals surface area contributed by atoms with Crippen molar-refractivity contribution in [3.63, 3.8) is 0 Å². The molecule has 0 saturated carbocycles. The topological polar surface area (TPSA) is 35.5 Å². The van der Waals surface area contributed by atoms with E-state index in [2.05, 4.69) is 0 Å². The number of piperidine rings is 1. The number of likely N-dealkylation sites (tertiary alicyclic amines) is 1. The number of methoxy groups -OCH3 is 2. The smallest absolute Gasteiger partial charge is 0.166 e. The maximum Gasteiger partial charge on any atom is 0.166 e. The van der Waals surface area contributed by atoms with Gasteiger partial charge in [-0.3, -0.25) is 4.79 Å². The number of hydrogen-bond acceptors (Lipinski definition) is 3. The fraction of sp³-hybridized carbons (Fsp3) is 0.387. The first kappa shape index (κ1) is 12.2. The van der Waals surface area contributed by atoms with E-state index in [1.807, 2.05) is 0 Å². The molecular weight excluding hydrogens is 434 g/mol. The molecule has 3 aromatic rings. The van der Waals surface area contributed by atoms with Gasteiger partial charge in [0.25, 0.3) is 0 Å². The Morgan fingerprint density at radius 3 is 1.97 bits per heavy atom. The van der Waals surface area contributed by atoms with E-state index in [1.165, 1.54) is 14.2 Å². The van der Waals surface area contributed by atoms with Gasteiger partial charge in [-0.1, -0.05) is 60.4 Å². The molecule has 1 atom stereocenters. The summed E-state index contributed by atoms with van der Waals surface area (Å²) in [5.41, 5.74) is -0.280. The Bertz CT molecular complexity index is 1710. The Morgan fingerprint density at radius 1 is 0.886 bits per heavy atom. The highest BCUT2D eigenvalue weighted by Gasteiger charge is 2.38. The summed E-state index contributed by atoms with van der Waals surface area (Å²) in [5, 5.41) is 0. The molecule has 4 nitrogen and oxygen atoms in total. The van der Waals surface area contributed by atoms with Gasteiger partial charge in [-0.25, -0.2) is 0 Å². The lowest BCUT2D eigenvalue weighted by molar-refractivity contribution is -0.958. The normalized spacial score (nSPS) is 25.9. The van der Waals surface area contributed by atoms with Crippen LogP contribution in [0.25, 0.3) is 0 Å². The van der Waals surface area contributed by atoms with Crippen LogP contribution in [0.4, 0.5) is 0 Å². The van der Waals surface area contributed by atoms with Crippen molar-refractivity contribution in [3.8, 4) is 11.5 Å². The van der Waals surface area contributed by atoms with Gasteiger partial charge in [0.1, 0.15) is 13.0 Å². The largest absolute Gasteiger partial charge is 0.493 e. The molecular formula is C31H36NO3+. The zero-order valence-corrected chi connectivity index (χ0v) is 19.7. The highest BCUT2D eigenvalue weighted by Crippen LogP contribution is 2.40. The molecule has 1 unspecified atom stereocenters. The van der Waals surface area contributed by atoms with E-state index in [1.54, 1.807) is 12.1 Å². The second kappa shape index (κ2) is 10.2. The molecule has 1 saturated heterocycles. The lowest BCUT2D eigenvalue weighted by Gasteiger charge is -2.44. The number of quaternary nitrogens is 1. The average Bonchev–Trinajstić information content (AvgIpc) is 3.37. The third-order valence-electron chi connectivity index (χ3n) is 6.82. The van der Waals surface area contributed by atoms with Crippen LogP contribution in [0.2, 0.25) is 0 Å².